The van der Waals surface area contributed by atoms with Crippen molar-refractivity contribution in [2.24, 2.45) is 0 Å². The Kier molecular flexibility index (Phi) is 5.69. The van der Waals surface area contributed by atoms with E-state index in [1.165, 1.54) is 6.07 Å². The van der Waals surface area contributed by atoms with Crippen LogP contribution in [0.1, 0.15) is 22.8 Å². The minimum Gasteiger partial charge on any atom is -0.478 e. The number of carbonyl (C=O) groups is 2. The zero-order chi connectivity index (χ0) is 15.3. The number of benzene rings is 1. The summed E-state index contributed by atoms with van der Waals surface area (Å²) in [6.45, 7) is 3.78. The van der Waals surface area contributed by atoms with Crippen molar-refractivity contribution in [2.75, 3.05) is 18.1 Å². The van der Waals surface area contributed by atoms with Crippen LogP contribution in [0.5, 0.6) is 0 Å². The molecule has 0 spiro atoms. The number of carboxylic acid groups (broad SMARTS) is 1. The fourth-order valence-corrected chi connectivity index (χ4v) is 1.78. The van der Waals surface area contributed by atoms with Gasteiger partial charge in [-0.15, -0.1) is 0 Å². The molecule has 20 heavy (non-hydrogen) atoms. The van der Waals surface area contributed by atoms with Gasteiger partial charge in [0, 0.05) is 28.9 Å². The normalized spacial score (nSPS) is 13.3. The third-order valence-corrected chi connectivity index (χ3v) is 4.07. The molecule has 3 N–H and O–H groups in total. The van der Waals surface area contributed by atoms with Crippen molar-refractivity contribution in [2.45, 2.75) is 19.1 Å². The van der Waals surface area contributed by atoms with Gasteiger partial charge in [0.25, 0.3) is 0 Å². The smallest absolute Gasteiger partial charge is 0.337 e. The van der Waals surface area contributed by atoms with E-state index in [9.17, 15) is 13.8 Å². The molecule has 1 aromatic carbocycles. The summed E-state index contributed by atoms with van der Waals surface area (Å²) in [6.07, 6.45) is 1.56. The molecule has 0 aliphatic carbocycles. The van der Waals surface area contributed by atoms with Gasteiger partial charge in [-0.3, -0.25) is 4.21 Å². The Morgan fingerprint density at radius 3 is 2.60 bits per heavy atom. The number of nitrogens with one attached hydrogen (secondary N) is 2. The molecule has 0 saturated heterocycles. The van der Waals surface area contributed by atoms with Gasteiger partial charge >= 0.3 is 12.0 Å². The largest absolute Gasteiger partial charge is 0.478 e. The van der Waals surface area contributed by atoms with E-state index in [1.807, 2.05) is 0 Å². The van der Waals surface area contributed by atoms with Crippen molar-refractivity contribution in [1.82, 2.24) is 5.32 Å². The quantitative estimate of drug-likeness (QED) is 0.769. The average Bonchev–Trinajstić information content (AvgIpc) is 2.37. The van der Waals surface area contributed by atoms with Crippen LogP contribution in [0.4, 0.5) is 10.5 Å². The number of hydrogen-bond donors (Lipinski definition) is 3. The number of anilines is 1. The van der Waals surface area contributed by atoms with E-state index >= 15 is 0 Å². The van der Waals surface area contributed by atoms with E-state index in [1.54, 1.807) is 32.2 Å². The molecule has 7 heteroatoms. The Balaban J connectivity index is 2.71. The summed E-state index contributed by atoms with van der Waals surface area (Å²) in [5.41, 5.74) is 1.06. The second-order valence-electron chi connectivity index (χ2n) is 4.50. The van der Waals surface area contributed by atoms with E-state index < -0.39 is 22.8 Å². The van der Waals surface area contributed by atoms with Crippen molar-refractivity contribution in [3.63, 3.8) is 0 Å². The lowest BCUT2D eigenvalue weighted by Gasteiger charge is -2.12. The van der Waals surface area contributed by atoms with Crippen LogP contribution in [0.25, 0.3) is 0 Å². The van der Waals surface area contributed by atoms with E-state index in [0.717, 1.165) is 5.56 Å². The molecule has 2 amide bonds. The maximum atomic E-state index is 11.7. The number of urea groups is 1. The molecule has 0 aliphatic rings. The van der Waals surface area contributed by atoms with Crippen LogP contribution in [-0.4, -0.2) is 39.4 Å². The third-order valence-electron chi connectivity index (χ3n) is 2.77. The van der Waals surface area contributed by atoms with Crippen LogP contribution in [0, 0.1) is 6.92 Å². The molecule has 0 radical (unpaired) electrons. The monoisotopic (exact) mass is 298 g/mol. The molecule has 0 fully saturated rings. The van der Waals surface area contributed by atoms with Crippen molar-refractivity contribution in [3.8, 4) is 0 Å². The van der Waals surface area contributed by atoms with Crippen molar-refractivity contribution < 1.29 is 18.9 Å². The van der Waals surface area contributed by atoms with E-state index in [4.69, 9.17) is 5.11 Å². The first-order valence-electron chi connectivity index (χ1n) is 6.02. The first-order chi connectivity index (χ1) is 9.31. The standard InChI is InChI=1S/C13H18N2O4S/c1-8-4-5-11(10(6-8)12(16)17)15-13(18)14-7-9(2)20(3)19/h4-6,9H,7H2,1-3H3,(H,16,17)(H2,14,15,18). The van der Waals surface area contributed by atoms with Gasteiger partial charge in [0.2, 0.25) is 0 Å². The number of carboxylic acids is 1. The molecular weight excluding hydrogens is 280 g/mol. The first kappa shape index (κ1) is 16.2. The number of amides is 2. The first-order valence-corrected chi connectivity index (χ1v) is 7.64. The Morgan fingerprint density at radius 2 is 2.05 bits per heavy atom. The summed E-state index contributed by atoms with van der Waals surface area (Å²) in [5.74, 6) is -1.10. The molecule has 6 nitrogen and oxygen atoms in total. The summed E-state index contributed by atoms with van der Waals surface area (Å²) in [6, 6.07) is 4.22. The zero-order valence-corrected chi connectivity index (χ0v) is 12.4. The van der Waals surface area contributed by atoms with E-state index in [0.29, 0.717) is 0 Å². The maximum absolute atomic E-state index is 11.7. The lowest BCUT2D eigenvalue weighted by molar-refractivity contribution is 0.0698. The predicted octanol–water partition coefficient (Wildman–Crippen LogP) is 1.58. The minimum atomic E-state index is -1.10. The van der Waals surface area contributed by atoms with E-state index in [2.05, 4.69) is 10.6 Å². The van der Waals surface area contributed by atoms with Crippen LogP contribution in [-0.2, 0) is 10.8 Å². The Labute approximate surface area is 120 Å². The van der Waals surface area contributed by atoms with Crippen LogP contribution in [0.15, 0.2) is 18.2 Å². The summed E-state index contributed by atoms with van der Waals surface area (Å²) < 4.78 is 11.2. The topological polar surface area (TPSA) is 95.5 Å². The van der Waals surface area contributed by atoms with E-state index in [-0.39, 0.29) is 23.0 Å². The van der Waals surface area contributed by atoms with Crippen molar-refractivity contribution in [1.29, 1.82) is 0 Å². The molecule has 0 bridgehead atoms. The lowest BCUT2D eigenvalue weighted by Crippen LogP contribution is -2.35. The van der Waals surface area contributed by atoms with Crippen LogP contribution < -0.4 is 10.6 Å². The Bertz CT molecular complexity index is 545. The number of hydrogen-bond acceptors (Lipinski definition) is 3. The fourth-order valence-electron chi connectivity index (χ4n) is 1.46. The Hall–Kier alpha value is -1.89. The maximum Gasteiger partial charge on any atom is 0.337 e. The molecule has 2 atom stereocenters. The number of carbonyl (C=O) groups excluding carboxylic acids is 1. The molecule has 2 unspecified atom stereocenters. The highest BCUT2D eigenvalue weighted by Gasteiger charge is 2.13. The van der Waals surface area contributed by atoms with Crippen molar-refractivity contribution in [3.05, 3.63) is 29.3 Å². The zero-order valence-electron chi connectivity index (χ0n) is 11.6. The summed E-state index contributed by atoms with van der Waals surface area (Å²) in [7, 11) is -1.02. The highest BCUT2D eigenvalue weighted by atomic mass is 32.2. The second-order valence-corrected chi connectivity index (χ2v) is 6.30. The van der Waals surface area contributed by atoms with Gasteiger partial charge in [0.05, 0.1) is 11.3 Å². The molecular formula is C13H18N2O4S. The number of rotatable bonds is 5. The molecule has 1 rings (SSSR count). The Morgan fingerprint density at radius 1 is 1.40 bits per heavy atom. The highest BCUT2D eigenvalue weighted by molar-refractivity contribution is 7.84. The molecule has 0 aromatic heterocycles. The summed E-state index contributed by atoms with van der Waals surface area (Å²) >= 11 is 0. The lowest BCUT2D eigenvalue weighted by atomic mass is 10.1. The highest BCUT2D eigenvalue weighted by Crippen LogP contribution is 2.17. The van der Waals surface area contributed by atoms with Crippen molar-refractivity contribution >= 4 is 28.5 Å². The summed E-state index contributed by atoms with van der Waals surface area (Å²) in [5, 5.41) is 14.0. The van der Waals surface area contributed by atoms with Gasteiger partial charge in [-0.2, -0.15) is 0 Å². The average molecular weight is 298 g/mol. The molecule has 110 valence electrons. The fraction of sp³-hybridized carbons (Fsp3) is 0.385. The van der Waals surface area contributed by atoms with Crippen LogP contribution >= 0.6 is 0 Å². The SMILES string of the molecule is Cc1ccc(NC(=O)NCC(C)S(C)=O)c(C(=O)O)c1. The van der Waals surface area contributed by atoms with Gasteiger partial charge in [-0.1, -0.05) is 11.6 Å². The van der Waals surface area contributed by atoms with Gasteiger partial charge in [-0.25, -0.2) is 9.59 Å². The predicted molar refractivity (Wildman–Crippen MR) is 78.7 cm³/mol. The third kappa shape index (κ3) is 4.65. The van der Waals surface area contributed by atoms with Crippen LogP contribution in [0.2, 0.25) is 0 Å². The van der Waals surface area contributed by atoms with Crippen LogP contribution in [0.3, 0.4) is 0 Å². The minimum absolute atomic E-state index is 0.0345. The molecule has 0 saturated carbocycles. The summed E-state index contributed by atoms with van der Waals surface area (Å²) in [4.78, 5) is 22.8. The molecule has 0 aliphatic heterocycles. The molecule has 0 heterocycles. The van der Waals surface area contributed by atoms with Gasteiger partial charge in [0.15, 0.2) is 0 Å². The van der Waals surface area contributed by atoms with Gasteiger partial charge in [0.1, 0.15) is 0 Å². The second kappa shape index (κ2) is 7.04. The van der Waals surface area contributed by atoms with Gasteiger partial charge in [-0.05, 0) is 26.0 Å². The molecule has 1 aromatic rings. The number of aryl methyl sites for hydroxylation is 1. The van der Waals surface area contributed by atoms with Gasteiger partial charge < -0.3 is 15.7 Å². The number of aromatic carboxylic acids is 1.